The van der Waals surface area contributed by atoms with Crippen molar-refractivity contribution in [3.8, 4) is 11.5 Å². The van der Waals surface area contributed by atoms with E-state index in [9.17, 15) is 14.7 Å². The highest BCUT2D eigenvalue weighted by Gasteiger charge is 2.09. The van der Waals surface area contributed by atoms with Gasteiger partial charge in [-0.1, -0.05) is 11.6 Å². The molecule has 2 aromatic carbocycles. The number of anilines is 1. The number of phenols is 1. The third kappa shape index (κ3) is 3.92. The topological polar surface area (TPSA) is 88.8 Å². The van der Waals surface area contributed by atoms with Gasteiger partial charge in [0.1, 0.15) is 17.1 Å². The van der Waals surface area contributed by atoms with Crippen molar-refractivity contribution in [3.63, 3.8) is 0 Å². The highest BCUT2D eigenvalue weighted by atomic mass is 35.5. The minimum Gasteiger partial charge on any atom is -0.506 e. The molecule has 3 rings (SSSR count). The number of amides is 1. The summed E-state index contributed by atoms with van der Waals surface area (Å²) in [6.07, 6.45) is 0. The first-order valence-corrected chi connectivity index (χ1v) is 7.76. The molecule has 128 valence electrons. The van der Waals surface area contributed by atoms with Gasteiger partial charge in [-0.2, -0.15) is 0 Å². The Balaban J connectivity index is 1.70. The number of nitrogens with one attached hydrogen (secondary N) is 1. The molecule has 0 fully saturated rings. The fourth-order valence-corrected chi connectivity index (χ4v) is 2.51. The summed E-state index contributed by atoms with van der Waals surface area (Å²) >= 11 is 5.82. The standard InChI is InChI=1S/C18H14ClNO5/c1-10-6-18(23)25-16-8-12(3-4-13(10)16)24-9-17(22)20-14-7-11(19)2-5-15(14)21/h2-8,21H,9H2,1H3,(H,20,22). The van der Waals surface area contributed by atoms with Crippen LogP contribution in [0, 0.1) is 6.92 Å². The van der Waals surface area contributed by atoms with Crippen molar-refractivity contribution in [3.05, 3.63) is 63.5 Å². The Morgan fingerprint density at radius 1 is 1.24 bits per heavy atom. The monoisotopic (exact) mass is 359 g/mol. The van der Waals surface area contributed by atoms with Crippen LogP contribution in [0.3, 0.4) is 0 Å². The van der Waals surface area contributed by atoms with Crippen LogP contribution >= 0.6 is 11.6 Å². The first-order chi connectivity index (χ1) is 11.9. The molecule has 0 spiro atoms. The lowest BCUT2D eigenvalue weighted by Gasteiger charge is -2.10. The number of carbonyl (C=O) groups excluding carboxylic acids is 1. The van der Waals surface area contributed by atoms with E-state index in [-0.39, 0.29) is 18.0 Å². The molecule has 0 aliphatic carbocycles. The number of ether oxygens (including phenoxy) is 1. The maximum absolute atomic E-state index is 12.0. The van der Waals surface area contributed by atoms with Crippen LogP contribution in [0.25, 0.3) is 11.0 Å². The van der Waals surface area contributed by atoms with Gasteiger partial charge in [0.2, 0.25) is 0 Å². The van der Waals surface area contributed by atoms with Gasteiger partial charge < -0.3 is 19.6 Å². The predicted molar refractivity (Wildman–Crippen MR) is 94.5 cm³/mol. The van der Waals surface area contributed by atoms with E-state index in [0.29, 0.717) is 16.4 Å². The van der Waals surface area contributed by atoms with Crippen LogP contribution in [0.15, 0.2) is 51.7 Å². The third-order valence-corrected chi connectivity index (χ3v) is 3.76. The zero-order valence-corrected chi connectivity index (χ0v) is 14.0. The molecule has 25 heavy (non-hydrogen) atoms. The number of benzene rings is 2. The number of rotatable bonds is 4. The number of aryl methyl sites for hydroxylation is 1. The normalized spacial score (nSPS) is 10.6. The molecule has 3 aromatic rings. The molecule has 0 atom stereocenters. The number of fused-ring (bicyclic) bond motifs is 1. The zero-order valence-electron chi connectivity index (χ0n) is 13.2. The van der Waals surface area contributed by atoms with E-state index >= 15 is 0 Å². The molecule has 2 N–H and O–H groups in total. The van der Waals surface area contributed by atoms with Gasteiger partial charge in [-0.3, -0.25) is 4.79 Å². The molecule has 1 heterocycles. The summed E-state index contributed by atoms with van der Waals surface area (Å²) in [6, 6.07) is 10.7. The highest BCUT2D eigenvalue weighted by Crippen LogP contribution is 2.26. The van der Waals surface area contributed by atoms with E-state index in [4.69, 9.17) is 20.8 Å². The smallest absolute Gasteiger partial charge is 0.336 e. The van der Waals surface area contributed by atoms with Gasteiger partial charge in [-0.05, 0) is 42.8 Å². The van der Waals surface area contributed by atoms with Crippen LogP contribution in [-0.4, -0.2) is 17.6 Å². The van der Waals surface area contributed by atoms with Crippen molar-refractivity contribution in [1.82, 2.24) is 0 Å². The Morgan fingerprint density at radius 2 is 2.04 bits per heavy atom. The molecule has 7 heteroatoms. The van der Waals surface area contributed by atoms with E-state index in [2.05, 4.69) is 5.32 Å². The first kappa shape index (κ1) is 16.9. The molecule has 1 amide bonds. The maximum atomic E-state index is 12.0. The Labute approximate surface area is 147 Å². The maximum Gasteiger partial charge on any atom is 0.336 e. The molecular formula is C18H14ClNO5. The fourth-order valence-electron chi connectivity index (χ4n) is 2.34. The van der Waals surface area contributed by atoms with Crippen LogP contribution < -0.4 is 15.7 Å². The van der Waals surface area contributed by atoms with E-state index in [1.807, 2.05) is 6.92 Å². The van der Waals surface area contributed by atoms with Crippen molar-refractivity contribution in [1.29, 1.82) is 0 Å². The van der Waals surface area contributed by atoms with Crippen LogP contribution in [-0.2, 0) is 4.79 Å². The first-order valence-electron chi connectivity index (χ1n) is 7.38. The average Bonchev–Trinajstić information content (AvgIpc) is 2.56. The number of carbonyl (C=O) groups is 1. The number of halogens is 1. The second-order valence-electron chi connectivity index (χ2n) is 5.40. The summed E-state index contributed by atoms with van der Waals surface area (Å²) in [5.74, 6) is -0.184. The van der Waals surface area contributed by atoms with Crippen molar-refractivity contribution in [2.24, 2.45) is 0 Å². The van der Waals surface area contributed by atoms with Crippen LogP contribution in [0.2, 0.25) is 5.02 Å². The molecule has 6 nitrogen and oxygen atoms in total. The molecule has 0 saturated heterocycles. The summed E-state index contributed by atoms with van der Waals surface area (Å²) in [7, 11) is 0. The van der Waals surface area contributed by atoms with Gasteiger partial charge in [0.05, 0.1) is 5.69 Å². The van der Waals surface area contributed by atoms with Crippen molar-refractivity contribution < 1.29 is 19.1 Å². The number of hydrogen-bond acceptors (Lipinski definition) is 5. The highest BCUT2D eigenvalue weighted by molar-refractivity contribution is 6.31. The van der Waals surface area contributed by atoms with E-state index in [1.165, 1.54) is 24.3 Å². The van der Waals surface area contributed by atoms with Gasteiger partial charge >= 0.3 is 5.63 Å². The van der Waals surface area contributed by atoms with Gasteiger partial charge in [0.25, 0.3) is 5.91 Å². The van der Waals surface area contributed by atoms with Crippen LogP contribution in [0.1, 0.15) is 5.56 Å². The van der Waals surface area contributed by atoms with Gasteiger partial charge in [0, 0.05) is 22.5 Å². The summed E-state index contributed by atoms with van der Waals surface area (Å²) in [5, 5.41) is 13.4. The molecule has 0 saturated carbocycles. The quantitative estimate of drug-likeness (QED) is 0.550. The predicted octanol–water partition coefficient (Wildman–Crippen LogP) is 3.48. The number of phenolic OH excluding ortho intramolecular Hbond substituents is 1. The lowest BCUT2D eigenvalue weighted by Crippen LogP contribution is -2.20. The Morgan fingerprint density at radius 3 is 2.84 bits per heavy atom. The largest absolute Gasteiger partial charge is 0.506 e. The van der Waals surface area contributed by atoms with Crippen molar-refractivity contribution in [2.75, 3.05) is 11.9 Å². The second-order valence-corrected chi connectivity index (χ2v) is 5.84. The Bertz CT molecular complexity index is 1010. The number of hydrogen-bond donors (Lipinski definition) is 2. The lowest BCUT2D eigenvalue weighted by atomic mass is 10.1. The minimum absolute atomic E-state index is 0.0966. The molecule has 0 bridgehead atoms. The number of aromatic hydroxyl groups is 1. The average molecular weight is 360 g/mol. The SMILES string of the molecule is Cc1cc(=O)oc2cc(OCC(=O)Nc3cc(Cl)ccc3O)ccc12. The zero-order chi connectivity index (χ0) is 18.0. The molecular weight excluding hydrogens is 346 g/mol. The van der Waals surface area contributed by atoms with E-state index in [1.54, 1.807) is 18.2 Å². The van der Waals surface area contributed by atoms with Crippen molar-refractivity contribution in [2.45, 2.75) is 6.92 Å². The van der Waals surface area contributed by atoms with Gasteiger partial charge in [-0.15, -0.1) is 0 Å². The van der Waals surface area contributed by atoms with Crippen molar-refractivity contribution >= 4 is 34.2 Å². The summed E-state index contributed by atoms with van der Waals surface area (Å²) in [6.45, 7) is 1.53. The van der Waals surface area contributed by atoms with E-state index in [0.717, 1.165) is 10.9 Å². The second kappa shape index (κ2) is 6.86. The van der Waals surface area contributed by atoms with E-state index < -0.39 is 11.5 Å². The lowest BCUT2D eigenvalue weighted by molar-refractivity contribution is -0.118. The molecule has 0 radical (unpaired) electrons. The summed E-state index contributed by atoms with van der Waals surface area (Å²) in [5.41, 5.74) is 0.930. The fraction of sp³-hybridized carbons (Fsp3) is 0.111. The van der Waals surface area contributed by atoms with Gasteiger partial charge in [-0.25, -0.2) is 4.79 Å². The third-order valence-electron chi connectivity index (χ3n) is 3.53. The summed E-state index contributed by atoms with van der Waals surface area (Å²) < 4.78 is 10.5. The van der Waals surface area contributed by atoms with Crippen LogP contribution in [0.5, 0.6) is 11.5 Å². The molecule has 1 aromatic heterocycles. The Kier molecular flexibility index (Phi) is 4.63. The summed E-state index contributed by atoms with van der Waals surface area (Å²) in [4.78, 5) is 23.4. The molecule has 0 aliphatic heterocycles. The Hall–Kier alpha value is -2.99. The van der Waals surface area contributed by atoms with Crippen LogP contribution in [0.4, 0.5) is 5.69 Å². The van der Waals surface area contributed by atoms with Gasteiger partial charge in [0.15, 0.2) is 6.61 Å². The molecule has 0 aliphatic rings. The minimum atomic E-state index is -0.469. The molecule has 0 unspecified atom stereocenters.